The Morgan fingerprint density at radius 1 is 1.13 bits per heavy atom. The molecule has 154 valence electrons. The fourth-order valence-electron chi connectivity index (χ4n) is 4.05. The van der Waals surface area contributed by atoms with E-state index >= 15 is 0 Å². The number of para-hydroxylation sites is 1. The van der Waals surface area contributed by atoms with Crippen LogP contribution < -0.4 is 15.2 Å². The highest BCUT2D eigenvalue weighted by molar-refractivity contribution is 5.96. The quantitative estimate of drug-likeness (QED) is 0.461. The van der Waals surface area contributed by atoms with Gasteiger partial charge in [-0.1, -0.05) is 24.3 Å². The van der Waals surface area contributed by atoms with Gasteiger partial charge < -0.3 is 24.7 Å². The predicted molar refractivity (Wildman–Crippen MR) is 106 cm³/mol. The minimum absolute atomic E-state index is 0.118. The Morgan fingerprint density at radius 2 is 1.93 bits per heavy atom. The first-order valence-electron chi connectivity index (χ1n) is 9.76. The number of carbonyl (C=O) groups excluding carboxylic acids is 3. The van der Waals surface area contributed by atoms with Gasteiger partial charge in [0.15, 0.2) is 0 Å². The molecule has 0 fully saturated rings. The van der Waals surface area contributed by atoms with Crippen LogP contribution in [0.5, 0.6) is 5.75 Å². The van der Waals surface area contributed by atoms with Gasteiger partial charge in [0.2, 0.25) is 0 Å². The molecule has 30 heavy (non-hydrogen) atoms. The van der Waals surface area contributed by atoms with Crippen molar-refractivity contribution in [2.75, 3.05) is 11.9 Å². The summed E-state index contributed by atoms with van der Waals surface area (Å²) in [6.07, 6.45) is 4.53. The molecule has 4 rings (SSSR count). The zero-order chi connectivity index (χ0) is 21.3. The Morgan fingerprint density at radius 3 is 2.70 bits per heavy atom. The lowest BCUT2D eigenvalue weighted by atomic mass is 9.79. The lowest BCUT2D eigenvalue weighted by Gasteiger charge is -2.37. The van der Waals surface area contributed by atoms with Crippen LogP contribution in [0.25, 0.3) is 0 Å². The molecule has 7 heteroatoms. The lowest BCUT2D eigenvalue weighted by molar-refractivity contribution is -0.308. The van der Waals surface area contributed by atoms with Crippen molar-refractivity contribution in [3.8, 4) is 5.75 Å². The number of carbonyl (C=O) groups is 3. The molecule has 0 saturated heterocycles. The second-order valence-corrected chi connectivity index (χ2v) is 7.20. The summed E-state index contributed by atoms with van der Waals surface area (Å²) in [6, 6.07) is 10.5. The molecular weight excluding hydrogens is 386 g/mol. The SMILES string of the molecule is CCOC(=O)c1ccccc1OC(=O)c1ccc2c(c1)[C@@H]1C=CC[C@@H]1[C@H](C(=O)[O-])N2. The van der Waals surface area contributed by atoms with E-state index in [4.69, 9.17) is 9.47 Å². The number of allylic oxidation sites excluding steroid dienone is 2. The number of fused-ring (bicyclic) bond motifs is 3. The second kappa shape index (κ2) is 8.02. The molecule has 0 amide bonds. The Bertz CT molecular complexity index is 1040. The smallest absolute Gasteiger partial charge is 0.343 e. The van der Waals surface area contributed by atoms with Crippen LogP contribution in [-0.2, 0) is 9.53 Å². The third-order valence-electron chi connectivity index (χ3n) is 5.44. The highest BCUT2D eigenvalue weighted by atomic mass is 16.5. The Kier molecular flexibility index (Phi) is 5.27. The number of rotatable bonds is 5. The summed E-state index contributed by atoms with van der Waals surface area (Å²) in [5.74, 6) is -2.49. The van der Waals surface area contributed by atoms with Gasteiger partial charge in [-0.15, -0.1) is 0 Å². The van der Waals surface area contributed by atoms with Crippen LogP contribution in [0, 0.1) is 5.92 Å². The molecule has 1 aliphatic carbocycles. The monoisotopic (exact) mass is 406 g/mol. The first kappa shape index (κ1) is 19.7. The predicted octanol–water partition coefficient (Wildman–Crippen LogP) is 2.29. The summed E-state index contributed by atoms with van der Waals surface area (Å²) in [7, 11) is 0. The molecule has 2 aromatic carbocycles. The number of nitrogens with one attached hydrogen (secondary N) is 1. The number of benzene rings is 2. The second-order valence-electron chi connectivity index (χ2n) is 7.20. The molecule has 0 spiro atoms. The third-order valence-corrected chi connectivity index (χ3v) is 5.44. The van der Waals surface area contributed by atoms with Gasteiger partial charge in [-0.25, -0.2) is 9.59 Å². The minimum atomic E-state index is -1.14. The average Bonchev–Trinajstić information content (AvgIpc) is 3.23. The van der Waals surface area contributed by atoms with Crippen molar-refractivity contribution in [1.29, 1.82) is 0 Å². The van der Waals surface area contributed by atoms with Crippen LogP contribution in [0.4, 0.5) is 5.69 Å². The van der Waals surface area contributed by atoms with Crippen LogP contribution in [0.1, 0.15) is 45.5 Å². The van der Waals surface area contributed by atoms with Crippen molar-refractivity contribution < 1.29 is 29.0 Å². The highest BCUT2D eigenvalue weighted by Crippen LogP contribution is 2.44. The van der Waals surface area contributed by atoms with Gasteiger partial charge in [-0.05, 0) is 55.2 Å². The molecule has 3 atom stereocenters. The number of anilines is 1. The van der Waals surface area contributed by atoms with Crippen molar-refractivity contribution in [1.82, 2.24) is 0 Å². The maximum Gasteiger partial charge on any atom is 0.343 e. The molecule has 0 saturated carbocycles. The summed E-state index contributed by atoms with van der Waals surface area (Å²) < 4.78 is 10.5. The maximum atomic E-state index is 12.8. The largest absolute Gasteiger partial charge is 0.548 e. The van der Waals surface area contributed by atoms with Crippen LogP contribution in [0.15, 0.2) is 54.6 Å². The van der Waals surface area contributed by atoms with Crippen LogP contribution in [0.2, 0.25) is 0 Å². The molecule has 0 unspecified atom stereocenters. The van der Waals surface area contributed by atoms with Gasteiger partial charge in [0.1, 0.15) is 11.3 Å². The number of ether oxygens (including phenoxy) is 2. The molecule has 1 aliphatic heterocycles. The van der Waals surface area contributed by atoms with Crippen molar-refractivity contribution in [2.45, 2.75) is 25.3 Å². The molecule has 0 bridgehead atoms. The fraction of sp³-hybridized carbons (Fsp3) is 0.261. The van der Waals surface area contributed by atoms with E-state index in [0.717, 1.165) is 5.56 Å². The zero-order valence-corrected chi connectivity index (χ0v) is 16.3. The number of carboxylic acids is 1. The van der Waals surface area contributed by atoms with E-state index in [0.29, 0.717) is 17.7 Å². The van der Waals surface area contributed by atoms with E-state index in [2.05, 4.69) is 5.32 Å². The van der Waals surface area contributed by atoms with E-state index in [9.17, 15) is 19.5 Å². The van der Waals surface area contributed by atoms with Crippen molar-refractivity contribution in [3.05, 3.63) is 71.3 Å². The molecule has 2 aliphatic rings. The Balaban J connectivity index is 1.61. The summed E-state index contributed by atoms with van der Waals surface area (Å²) in [4.78, 5) is 36.4. The van der Waals surface area contributed by atoms with E-state index in [1.54, 1.807) is 37.3 Å². The minimum Gasteiger partial charge on any atom is -0.548 e. The van der Waals surface area contributed by atoms with Crippen LogP contribution >= 0.6 is 0 Å². The number of hydrogen-bond acceptors (Lipinski definition) is 7. The molecule has 2 aromatic rings. The van der Waals surface area contributed by atoms with Crippen molar-refractivity contribution >= 4 is 23.6 Å². The summed E-state index contributed by atoms with van der Waals surface area (Å²) >= 11 is 0. The first-order valence-corrected chi connectivity index (χ1v) is 9.76. The Labute approximate surface area is 173 Å². The average molecular weight is 406 g/mol. The van der Waals surface area contributed by atoms with Crippen LogP contribution in [-0.4, -0.2) is 30.6 Å². The molecular formula is C23H20NO6-. The number of hydrogen-bond donors (Lipinski definition) is 1. The van der Waals surface area contributed by atoms with Gasteiger partial charge in [-0.3, -0.25) is 0 Å². The number of carboxylic acid groups (broad SMARTS) is 1. The Hall–Kier alpha value is -3.61. The summed E-state index contributed by atoms with van der Waals surface area (Å²) in [5.41, 5.74) is 1.96. The normalized spacial score (nSPS) is 21.2. The van der Waals surface area contributed by atoms with Crippen molar-refractivity contribution in [3.63, 3.8) is 0 Å². The first-order chi connectivity index (χ1) is 14.5. The molecule has 1 N–H and O–H groups in total. The van der Waals surface area contributed by atoms with E-state index < -0.39 is 23.9 Å². The number of esters is 2. The molecule has 7 nitrogen and oxygen atoms in total. The number of aliphatic carboxylic acids is 1. The van der Waals surface area contributed by atoms with Gasteiger partial charge in [0.05, 0.1) is 24.2 Å². The fourth-order valence-corrected chi connectivity index (χ4v) is 4.05. The van der Waals surface area contributed by atoms with Gasteiger partial charge >= 0.3 is 11.9 Å². The van der Waals surface area contributed by atoms with E-state index in [-0.39, 0.29) is 29.8 Å². The van der Waals surface area contributed by atoms with Gasteiger partial charge in [0.25, 0.3) is 0 Å². The van der Waals surface area contributed by atoms with Gasteiger partial charge in [0, 0.05) is 11.6 Å². The molecule has 0 aromatic heterocycles. The van der Waals surface area contributed by atoms with Gasteiger partial charge in [-0.2, -0.15) is 0 Å². The van der Waals surface area contributed by atoms with Crippen LogP contribution in [0.3, 0.4) is 0 Å². The van der Waals surface area contributed by atoms with E-state index in [1.807, 2.05) is 12.2 Å². The van der Waals surface area contributed by atoms with E-state index in [1.165, 1.54) is 12.1 Å². The zero-order valence-electron chi connectivity index (χ0n) is 16.3. The molecule has 1 heterocycles. The lowest BCUT2D eigenvalue weighted by Crippen LogP contribution is -2.48. The molecule has 0 radical (unpaired) electrons. The summed E-state index contributed by atoms with van der Waals surface area (Å²) in [6.45, 7) is 1.91. The topological polar surface area (TPSA) is 105 Å². The standard InChI is InChI=1S/C23H21NO6/c1-2-29-23(28)16-6-3-4-9-19(16)30-22(27)13-10-11-18-17(12-13)14-7-5-8-15(14)20(24-18)21(25)26/h3-7,9-12,14-15,20,24H,2,8H2,1H3,(H,25,26)/p-1/t14-,15+,20-/m1/s1. The highest BCUT2D eigenvalue weighted by Gasteiger charge is 2.38. The summed E-state index contributed by atoms with van der Waals surface area (Å²) in [5, 5.41) is 14.5. The van der Waals surface area contributed by atoms with Crippen molar-refractivity contribution in [2.24, 2.45) is 5.92 Å². The maximum absolute atomic E-state index is 12.8. The third kappa shape index (κ3) is 3.54.